The second-order valence-corrected chi connectivity index (χ2v) is 4.26. The van der Waals surface area contributed by atoms with Gasteiger partial charge in [0.2, 0.25) is 5.91 Å². The van der Waals surface area contributed by atoms with Crippen LogP contribution in [0.2, 0.25) is 0 Å². The zero-order valence-corrected chi connectivity index (χ0v) is 10.7. The number of nitrogens with one attached hydrogen (secondary N) is 1. The third kappa shape index (κ3) is 3.77. The Kier molecular flexibility index (Phi) is 4.07. The van der Waals surface area contributed by atoms with E-state index in [-0.39, 0.29) is 18.0 Å². The summed E-state index contributed by atoms with van der Waals surface area (Å²) in [6.45, 7) is 2.17. The number of carbonyl (C=O) groups is 1. The fourth-order valence-electron chi connectivity index (χ4n) is 1.64. The van der Waals surface area contributed by atoms with Crippen molar-refractivity contribution in [3.8, 4) is 0 Å². The van der Waals surface area contributed by atoms with Crippen LogP contribution in [-0.4, -0.2) is 15.5 Å². The number of amides is 1. The van der Waals surface area contributed by atoms with E-state index in [0.717, 1.165) is 5.56 Å². The van der Waals surface area contributed by atoms with E-state index in [4.69, 9.17) is 0 Å². The molecule has 19 heavy (non-hydrogen) atoms. The summed E-state index contributed by atoms with van der Waals surface area (Å²) in [7, 11) is 0. The highest BCUT2D eigenvalue weighted by Crippen LogP contribution is 1.97. The molecule has 2 aromatic rings. The second-order valence-electron chi connectivity index (χ2n) is 4.26. The lowest BCUT2D eigenvalue weighted by Crippen LogP contribution is -2.32. The van der Waals surface area contributed by atoms with Gasteiger partial charge in [0.1, 0.15) is 6.54 Å². The second kappa shape index (κ2) is 5.95. The molecule has 1 N–H and O–H groups in total. The Morgan fingerprint density at radius 2 is 2.05 bits per heavy atom. The van der Waals surface area contributed by atoms with E-state index in [1.807, 2.05) is 30.3 Å². The van der Waals surface area contributed by atoms with Crippen LogP contribution in [-0.2, 0) is 17.9 Å². The molecule has 5 nitrogen and oxygen atoms in total. The Bertz CT molecular complexity index is 620. The van der Waals surface area contributed by atoms with Gasteiger partial charge in [0.25, 0.3) is 5.56 Å². The first kappa shape index (κ1) is 13.0. The number of rotatable bonds is 4. The Morgan fingerprint density at radius 1 is 1.32 bits per heavy atom. The molecular weight excluding hydrogens is 242 g/mol. The minimum Gasteiger partial charge on any atom is -0.350 e. The number of aromatic nitrogens is 2. The van der Waals surface area contributed by atoms with Gasteiger partial charge in [-0.05, 0) is 12.5 Å². The molecule has 1 amide bonds. The Hall–Kier alpha value is -2.43. The lowest BCUT2D eigenvalue weighted by molar-refractivity contribution is -0.121. The molecule has 2 rings (SSSR count). The van der Waals surface area contributed by atoms with Gasteiger partial charge in [-0.25, -0.2) is 4.98 Å². The zero-order chi connectivity index (χ0) is 13.7. The molecule has 0 bridgehead atoms. The van der Waals surface area contributed by atoms with E-state index < -0.39 is 0 Å². The average molecular weight is 257 g/mol. The first-order chi connectivity index (χ1) is 9.15. The van der Waals surface area contributed by atoms with Crippen molar-refractivity contribution in [1.29, 1.82) is 0 Å². The first-order valence-corrected chi connectivity index (χ1v) is 5.99. The molecule has 0 spiro atoms. The molecule has 0 atom stereocenters. The average Bonchev–Trinajstić information content (AvgIpc) is 2.41. The lowest BCUT2D eigenvalue weighted by Gasteiger charge is -2.07. The topological polar surface area (TPSA) is 64.0 Å². The Morgan fingerprint density at radius 3 is 2.74 bits per heavy atom. The molecule has 0 radical (unpaired) electrons. The van der Waals surface area contributed by atoms with E-state index in [9.17, 15) is 9.59 Å². The van der Waals surface area contributed by atoms with Gasteiger partial charge < -0.3 is 5.32 Å². The summed E-state index contributed by atoms with van der Waals surface area (Å²) in [6.07, 6.45) is 1.39. The molecule has 0 aliphatic rings. The van der Waals surface area contributed by atoms with Crippen LogP contribution in [0, 0.1) is 6.92 Å². The van der Waals surface area contributed by atoms with Crippen molar-refractivity contribution < 1.29 is 4.79 Å². The fraction of sp³-hybridized carbons (Fsp3) is 0.214. The maximum Gasteiger partial charge on any atom is 0.253 e. The lowest BCUT2D eigenvalue weighted by atomic mass is 10.2. The van der Waals surface area contributed by atoms with Crippen molar-refractivity contribution in [2.45, 2.75) is 20.0 Å². The summed E-state index contributed by atoms with van der Waals surface area (Å²) in [5.74, 6) is -0.211. The minimum atomic E-state index is -0.220. The van der Waals surface area contributed by atoms with Crippen molar-refractivity contribution in [2.75, 3.05) is 0 Å². The fourth-order valence-corrected chi connectivity index (χ4v) is 1.64. The number of aryl methyl sites for hydroxylation is 1. The quantitative estimate of drug-likeness (QED) is 0.884. The summed E-state index contributed by atoms with van der Waals surface area (Å²) in [5, 5.41) is 2.76. The number of nitrogens with zero attached hydrogens (tertiary/aromatic N) is 2. The highest BCUT2D eigenvalue weighted by atomic mass is 16.2. The predicted molar refractivity (Wildman–Crippen MR) is 71.5 cm³/mol. The SMILES string of the molecule is Cc1cc(=O)n(CC(=O)NCc2ccccc2)cn1. The van der Waals surface area contributed by atoms with Crippen LogP contribution in [0.25, 0.3) is 0 Å². The molecule has 0 saturated carbocycles. The van der Waals surface area contributed by atoms with E-state index in [1.165, 1.54) is 17.0 Å². The number of benzene rings is 1. The van der Waals surface area contributed by atoms with Crippen molar-refractivity contribution in [2.24, 2.45) is 0 Å². The smallest absolute Gasteiger partial charge is 0.253 e. The number of carbonyl (C=O) groups excluding carboxylic acids is 1. The summed E-state index contributed by atoms with van der Waals surface area (Å²) in [4.78, 5) is 27.3. The van der Waals surface area contributed by atoms with Crippen LogP contribution >= 0.6 is 0 Å². The van der Waals surface area contributed by atoms with Crippen LogP contribution in [0.5, 0.6) is 0 Å². The summed E-state index contributed by atoms with van der Waals surface area (Å²) >= 11 is 0. The Labute approximate surface area is 110 Å². The third-order valence-electron chi connectivity index (χ3n) is 2.66. The molecule has 0 saturated heterocycles. The molecular formula is C14H15N3O2. The van der Waals surface area contributed by atoms with Crippen molar-refractivity contribution in [3.05, 3.63) is 64.3 Å². The van der Waals surface area contributed by atoms with Crippen LogP contribution in [0.1, 0.15) is 11.3 Å². The van der Waals surface area contributed by atoms with Crippen molar-refractivity contribution >= 4 is 5.91 Å². The summed E-state index contributed by atoms with van der Waals surface area (Å²) in [5.41, 5.74) is 1.44. The van der Waals surface area contributed by atoms with Crippen LogP contribution in [0.4, 0.5) is 0 Å². The highest BCUT2D eigenvalue weighted by molar-refractivity contribution is 5.75. The zero-order valence-electron chi connectivity index (χ0n) is 10.7. The van der Waals surface area contributed by atoms with Gasteiger partial charge in [-0.1, -0.05) is 30.3 Å². The molecule has 0 unspecified atom stereocenters. The van der Waals surface area contributed by atoms with E-state index in [1.54, 1.807) is 6.92 Å². The van der Waals surface area contributed by atoms with E-state index in [0.29, 0.717) is 12.2 Å². The van der Waals surface area contributed by atoms with Crippen LogP contribution in [0.15, 0.2) is 47.5 Å². The molecule has 0 aliphatic carbocycles. The standard InChI is InChI=1S/C14H15N3O2/c1-11-7-14(19)17(10-16-11)9-13(18)15-8-12-5-3-2-4-6-12/h2-7,10H,8-9H2,1H3,(H,15,18). The van der Waals surface area contributed by atoms with Crippen LogP contribution in [0.3, 0.4) is 0 Å². The van der Waals surface area contributed by atoms with Crippen molar-refractivity contribution in [1.82, 2.24) is 14.9 Å². The van der Waals surface area contributed by atoms with Gasteiger partial charge in [0.05, 0.1) is 6.33 Å². The van der Waals surface area contributed by atoms with E-state index in [2.05, 4.69) is 10.3 Å². The molecule has 1 heterocycles. The van der Waals surface area contributed by atoms with Gasteiger partial charge in [-0.3, -0.25) is 14.2 Å². The number of hydrogen-bond acceptors (Lipinski definition) is 3. The van der Waals surface area contributed by atoms with Gasteiger partial charge in [-0.15, -0.1) is 0 Å². The molecule has 98 valence electrons. The third-order valence-corrected chi connectivity index (χ3v) is 2.66. The van der Waals surface area contributed by atoms with E-state index >= 15 is 0 Å². The maximum absolute atomic E-state index is 11.7. The monoisotopic (exact) mass is 257 g/mol. The van der Waals surface area contributed by atoms with Crippen molar-refractivity contribution in [3.63, 3.8) is 0 Å². The van der Waals surface area contributed by atoms with Gasteiger partial charge in [0, 0.05) is 18.3 Å². The Balaban J connectivity index is 1.93. The first-order valence-electron chi connectivity index (χ1n) is 5.99. The number of hydrogen-bond donors (Lipinski definition) is 1. The van der Waals surface area contributed by atoms with Crippen LogP contribution < -0.4 is 10.9 Å². The summed E-state index contributed by atoms with van der Waals surface area (Å²) in [6, 6.07) is 11.0. The largest absolute Gasteiger partial charge is 0.350 e. The van der Waals surface area contributed by atoms with Gasteiger partial charge in [0.15, 0.2) is 0 Å². The molecule has 0 fully saturated rings. The summed E-state index contributed by atoms with van der Waals surface area (Å²) < 4.78 is 1.29. The molecule has 1 aromatic carbocycles. The highest BCUT2D eigenvalue weighted by Gasteiger charge is 2.04. The molecule has 5 heteroatoms. The normalized spacial score (nSPS) is 10.2. The molecule has 0 aliphatic heterocycles. The minimum absolute atomic E-state index is 0.0149. The molecule has 1 aromatic heterocycles. The maximum atomic E-state index is 11.7. The van der Waals surface area contributed by atoms with Gasteiger partial charge in [-0.2, -0.15) is 0 Å². The van der Waals surface area contributed by atoms with Gasteiger partial charge >= 0.3 is 0 Å². The predicted octanol–water partition coefficient (Wildman–Crippen LogP) is 0.868.